The van der Waals surface area contributed by atoms with Gasteiger partial charge in [0.2, 0.25) is 0 Å². The van der Waals surface area contributed by atoms with Crippen LogP contribution in [-0.4, -0.2) is 23.2 Å². The van der Waals surface area contributed by atoms with Crippen LogP contribution in [0.4, 0.5) is 0 Å². The Bertz CT molecular complexity index is 1800. The lowest BCUT2D eigenvalue weighted by Crippen LogP contribution is -2.39. The van der Waals surface area contributed by atoms with Gasteiger partial charge in [0.15, 0.2) is 4.80 Å². The Kier molecular flexibility index (Phi) is 8.03. The summed E-state index contributed by atoms with van der Waals surface area (Å²) in [7, 11) is 0. The van der Waals surface area contributed by atoms with E-state index in [1.165, 1.54) is 15.9 Å². The SMILES string of the molecule is CCOC(=O)C1=C(C)N=c2s/c(=C\c3ccc(-c4ccc(Cl)cc4Cl)o3)c(=O)n2[C@@H]1c1ccc(OC(C)C)cc1. The van der Waals surface area contributed by atoms with Gasteiger partial charge in [0.05, 0.1) is 39.6 Å². The second kappa shape index (κ2) is 11.5. The highest BCUT2D eigenvalue weighted by molar-refractivity contribution is 7.07. The number of furan rings is 1. The Morgan fingerprint density at radius 2 is 1.90 bits per heavy atom. The highest BCUT2D eigenvalue weighted by Gasteiger charge is 2.33. The maximum Gasteiger partial charge on any atom is 0.338 e. The fourth-order valence-electron chi connectivity index (χ4n) is 4.50. The van der Waals surface area contributed by atoms with Crippen molar-refractivity contribution in [1.29, 1.82) is 0 Å². The summed E-state index contributed by atoms with van der Waals surface area (Å²) in [5.74, 6) is 1.20. The van der Waals surface area contributed by atoms with E-state index in [2.05, 4.69) is 4.99 Å². The van der Waals surface area contributed by atoms with Crippen molar-refractivity contribution in [3.05, 3.63) is 107 Å². The number of carbonyl (C=O) groups excluding carboxylic acids is 1. The highest BCUT2D eigenvalue weighted by Crippen LogP contribution is 2.33. The van der Waals surface area contributed by atoms with E-state index in [4.69, 9.17) is 37.1 Å². The standard InChI is InChI=1S/C30H26Cl2N2O5S/c1-5-37-29(36)26-17(4)33-30-34(27(26)18-6-9-20(10-7-18)38-16(2)3)28(35)25(40-30)15-21-11-13-24(39-21)22-12-8-19(31)14-23(22)32/h6-16,27H,5H2,1-4H3/b25-15-/t27-/m1/s1. The molecule has 0 saturated carbocycles. The molecule has 3 heterocycles. The molecule has 206 valence electrons. The minimum absolute atomic E-state index is 0.0126. The van der Waals surface area contributed by atoms with Crippen molar-refractivity contribution < 1.29 is 18.7 Å². The van der Waals surface area contributed by atoms with Gasteiger partial charge in [0.1, 0.15) is 17.3 Å². The van der Waals surface area contributed by atoms with Crippen molar-refractivity contribution >= 4 is 46.6 Å². The van der Waals surface area contributed by atoms with Gasteiger partial charge in [-0.05, 0) is 75.7 Å². The zero-order chi connectivity index (χ0) is 28.6. The van der Waals surface area contributed by atoms with Gasteiger partial charge in [0.25, 0.3) is 5.56 Å². The van der Waals surface area contributed by atoms with Crippen LogP contribution in [0.25, 0.3) is 17.4 Å². The van der Waals surface area contributed by atoms with Crippen molar-refractivity contribution in [1.82, 2.24) is 4.57 Å². The number of esters is 1. The number of carbonyl (C=O) groups is 1. The van der Waals surface area contributed by atoms with E-state index < -0.39 is 12.0 Å². The molecule has 2 aromatic carbocycles. The molecule has 0 radical (unpaired) electrons. The molecule has 0 spiro atoms. The van der Waals surface area contributed by atoms with Gasteiger partial charge in [0, 0.05) is 16.7 Å². The molecule has 0 amide bonds. The summed E-state index contributed by atoms with van der Waals surface area (Å²) >= 11 is 13.6. The van der Waals surface area contributed by atoms with Crippen LogP contribution in [0, 0.1) is 0 Å². The van der Waals surface area contributed by atoms with Crippen molar-refractivity contribution in [2.24, 2.45) is 4.99 Å². The molecule has 0 fully saturated rings. The number of hydrogen-bond acceptors (Lipinski definition) is 7. The monoisotopic (exact) mass is 596 g/mol. The third kappa shape index (κ3) is 5.52. The summed E-state index contributed by atoms with van der Waals surface area (Å²) in [6, 6.07) is 15.3. The summed E-state index contributed by atoms with van der Waals surface area (Å²) in [5, 5.41) is 0.982. The summed E-state index contributed by atoms with van der Waals surface area (Å²) in [6.45, 7) is 7.59. The zero-order valence-electron chi connectivity index (χ0n) is 22.2. The maximum absolute atomic E-state index is 13.8. The first-order valence-corrected chi connectivity index (χ1v) is 14.2. The second-order valence-electron chi connectivity index (χ2n) is 9.36. The van der Waals surface area contributed by atoms with Crippen LogP contribution in [0.1, 0.15) is 45.1 Å². The van der Waals surface area contributed by atoms with Crippen molar-refractivity contribution in [2.75, 3.05) is 6.61 Å². The predicted octanol–water partition coefficient (Wildman–Crippen LogP) is 6.15. The van der Waals surface area contributed by atoms with Gasteiger partial charge in [-0.25, -0.2) is 9.79 Å². The van der Waals surface area contributed by atoms with Crippen LogP contribution in [0.15, 0.2) is 80.1 Å². The molecule has 1 aliphatic rings. The van der Waals surface area contributed by atoms with E-state index in [0.717, 1.165) is 5.56 Å². The molecule has 40 heavy (non-hydrogen) atoms. The number of fused-ring (bicyclic) bond motifs is 1. The number of ether oxygens (including phenoxy) is 2. The molecule has 5 rings (SSSR count). The minimum atomic E-state index is -0.717. The molecular weight excluding hydrogens is 571 g/mol. The summed E-state index contributed by atoms with van der Waals surface area (Å²) in [6.07, 6.45) is 1.68. The number of thiazole rings is 1. The second-order valence-corrected chi connectivity index (χ2v) is 11.2. The molecule has 0 N–H and O–H groups in total. The molecule has 4 aromatic rings. The smallest absolute Gasteiger partial charge is 0.338 e. The van der Waals surface area contributed by atoms with Crippen LogP contribution >= 0.6 is 34.5 Å². The van der Waals surface area contributed by atoms with E-state index in [9.17, 15) is 9.59 Å². The number of nitrogens with zero attached hydrogens (tertiary/aromatic N) is 2. The number of halogens is 2. The number of allylic oxidation sites excluding steroid dienone is 1. The Labute approximate surface area is 244 Å². The fraction of sp³-hybridized carbons (Fsp3) is 0.233. The third-order valence-electron chi connectivity index (χ3n) is 6.18. The van der Waals surface area contributed by atoms with Gasteiger partial charge in [-0.1, -0.05) is 46.7 Å². The van der Waals surface area contributed by atoms with Crippen LogP contribution < -0.4 is 19.6 Å². The van der Waals surface area contributed by atoms with Crippen LogP contribution in [0.3, 0.4) is 0 Å². The number of hydrogen-bond donors (Lipinski definition) is 0. The van der Waals surface area contributed by atoms with Crippen LogP contribution in [-0.2, 0) is 9.53 Å². The largest absolute Gasteiger partial charge is 0.491 e. The van der Waals surface area contributed by atoms with E-state index >= 15 is 0 Å². The third-order valence-corrected chi connectivity index (χ3v) is 7.71. The van der Waals surface area contributed by atoms with Gasteiger partial charge in [-0.15, -0.1) is 0 Å². The van der Waals surface area contributed by atoms with Gasteiger partial charge < -0.3 is 13.9 Å². The van der Waals surface area contributed by atoms with Crippen molar-refractivity contribution in [2.45, 2.75) is 39.8 Å². The number of rotatable bonds is 7. The van der Waals surface area contributed by atoms with E-state index in [1.807, 2.05) is 38.1 Å². The lowest BCUT2D eigenvalue weighted by molar-refractivity contribution is -0.139. The summed E-state index contributed by atoms with van der Waals surface area (Å²) in [5.41, 5.74) is 1.94. The maximum atomic E-state index is 13.8. The molecular formula is C30H26Cl2N2O5S. The lowest BCUT2D eigenvalue weighted by Gasteiger charge is -2.25. The Hall–Kier alpha value is -3.59. The number of benzene rings is 2. The minimum Gasteiger partial charge on any atom is -0.491 e. The van der Waals surface area contributed by atoms with Gasteiger partial charge in [-0.3, -0.25) is 9.36 Å². The average Bonchev–Trinajstić information content (AvgIpc) is 3.47. The average molecular weight is 598 g/mol. The molecule has 2 aromatic heterocycles. The molecule has 0 bridgehead atoms. The fourth-order valence-corrected chi connectivity index (χ4v) is 6.03. The Morgan fingerprint density at radius 3 is 2.58 bits per heavy atom. The molecule has 0 aliphatic carbocycles. The summed E-state index contributed by atoms with van der Waals surface area (Å²) in [4.78, 5) is 32.0. The first-order valence-electron chi connectivity index (χ1n) is 12.7. The highest BCUT2D eigenvalue weighted by atomic mass is 35.5. The molecule has 10 heteroatoms. The number of aromatic nitrogens is 1. The van der Waals surface area contributed by atoms with E-state index in [0.29, 0.717) is 53.5 Å². The zero-order valence-corrected chi connectivity index (χ0v) is 24.6. The topological polar surface area (TPSA) is 83.0 Å². The molecule has 1 atom stereocenters. The van der Waals surface area contributed by atoms with Crippen LogP contribution in [0.5, 0.6) is 5.75 Å². The normalized spacial score (nSPS) is 15.3. The first-order chi connectivity index (χ1) is 19.2. The van der Waals surface area contributed by atoms with Gasteiger partial charge in [-0.2, -0.15) is 0 Å². The lowest BCUT2D eigenvalue weighted by atomic mass is 9.96. The van der Waals surface area contributed by atoms with Gasteiger partial charge >= 0.3 is 5.97 Å². The quantitative estimate of drug-likeness (QED) is 0.239. The molecule has 7 nitrogen and oxygen atoms in total. The molecule has 0 saturated heterocycles. The van der Waals surface area contributed by atoms with E-state index in [-0.39, 0.29) is 18.3 Å². The van der Waals surface area contributed by atoms with Crippen LogP contribution in [0.2, 0.25) is 10.0 Å². The van der Waals surface area contributed by atoms with Crippen molar-refractivity contribution in [3.63, 3.8) is 0 Å². The predicted molar refractivity (Wildman–Crippen MR) is 157 cm³/mol. The summed E-state index contributed by atoms with van der Waals surface area (Å²) < 4.78 is 19.1. The molecule has 1 aliphatic heterocycles. The van der Waals surface area contributed by atoms with Crippen molar-refractivity contribution in [3.8, 4) is 17.1 Å². The Morgan fingerprint density at radius 1 is 1.15 bits per heavy atom. The van der Waals surface area contributed by atoms with E-state index in [1.54, 1.807) is 50.3 Å². The first kappa shape index (κ1) is 28.0. The Balaban J connectivity index is 1.61. The molecule has 0 unspecified atom stereocenters.